The number of aliphatic imine (C=N–C) groups is 1. The first kappa shape index (κ1) is 16.4. The molecule has 2 aliphatic rings. The van der Waals surface area contributed by atoms with Gasteiger partial charge in [0.15, 0.2) is 5.96 Å². The van der Waals surface area contributed by atoms with Crippen LogP contribution in [0, 0.1) is 0 Å². The van der Waals surface area contributed by atoms with Crippen LogP contribution >= 0.6 is 35.7 Å². The van der Waals surface area contributed by atoms with E-state index in [4.69, 9.17) is 4.74 Å². The van der Waals surface area contributed by atoms with Crippen LogP contribution in [0.4, 0.5) is 0 Å². The predicted molar refractivity (Wildman–Crippen MR) is 89.2 cm³/mol. The van der Waals surface area contributed by atoms with E-state index in [1.807, 2.05) is 18.8 Å². The lowest BCUT2D eigenvalue weighted by molar-refractivity contribution is 0.0992. The van der Waals surface area contributed by atoms with Gasteiger partial charge in [0.25, 0.3) is 0 Å². The van der Waals surface area contributed by atoms with Crippen molar-refractivity contribution in [1.29, 1.82) is 0 Å². The van der Waals surface area contributed by atoms with Crippen molar-refractivity contribution < 1.29 is 4.74 Å². The minimum absolute atomic E-state index is 0. The Bertz CT molecular complexity index is 290. The summed E-state index contributed by atoms with van der Waals surface area (Å²) < 4.78 is 5.83. The van der Waals surface area contributed by atoms with Crippen LogP contribution in [0.2, 0.25) is 0 Å². The van der Waals surface area contributed by atoms with Gasteiger partial charge in [0.1, 0.15) is 0 Å². The quantitative estimate of drug-likeness (QED) is 0.441. The molecule has 4 atom stereocenters. The fraction of sp³-hybridized carbons (Fsp3) is 0.917. The first-order valence-corrected chi connectivity index (χ1v) is 7.67. The molecule has 0 aliphatic carbocycles. The normalized spacial score (nSPS) is 31.9. The van der Waals surface area contributed by atoms with Gasteiger partial charge in [-0.15, -0.1) is 24.0 Å². The fourth-order valence-electron chi connectivity index (χ4n) is 2.48. The van der Waals surface area contributed by atoms with Gasteiger partial charge < -0.3 is 15.4 Å². The Hall–Kier alpha value is 0.310. The molecule has 2 rings (SSSR count). The second-order valence-electron chi connectivity index (χ2n) is 4.86. The molecule has 2 saturated heterocycles. The lowest BCUT2D eigenvalue weighted by atomic mass is 9.96. The zero-order chi connectivity index (χ0) is 12.3. The van der Waals surface area contributed by atoms with E-state index in [0.717, 1.165) is 18.9 Å². The number of fused-ring (bicyclic) bond motifs is 2. The summed E-state index contributed by atoms with van der Waals surface area (Å²) in [7, 11) is 1.83. The lowest BCUT2D eigenvalue weighted by Gasteiger charge is -2.23. The summed E-state index contributed by atoms with van der Waals surface area (Å²) >= 11 is 1.86. The minimum Gasteiger partial charge on any atom is -0.373 e. The molecule has 2 bridgehead atoms. The summed E-state index contributed by atoms with van der Waals surface area (Å²) in [5.41, 5.74) is 0. The number of rotatable bonds is 4. The van der Waals surface area contributed by atoms with Gasteiger partial charge in [0, 0.05) is 18.8 Å². The van der Waals surface area contributed by atoms with Crippen molar-refractivity contribution in [1.82, 2.24) is 10.6 Å². The third-order valence-electron chi connectivity index (χ3n) is 3.61. The number of hydrogen-bond acceptors (Lipinski definition) is 3. The van der Waals surface area contributed by atoms with Gasteiger partial charge in [-0.2, -0.15) is 11.8 Å². The van der Waals surface area contributed by atoms with Gasteiger partial charge in [-0.3, -0.25) is 4.99 Å². The van der Waals surface area contributed by atoms with E-state index >= 15 is 0 Å². The number of ether oxygens (including phenoxy) is 1. The highest BCUT2D eigenvalue weighted by molar-refractivity contribution is 14.0. The van der Waals surface area contributed by atoms with E-state index in [1.54, 1.807) is 0 Å². The number of nitrogens with zero attached hydrogens (tertiary/aromatic N) is 1. The van der Waals surface area contributed by atoms with Crippen LogP contribution in [0.1, 0.15) is 26.2 Å². The highest BCUT2D eigenvalue weighted by atomic mass is 127. The molecule has 2 N–H and O–H groups in total. The SMILES string of the molecule is CN=C(NCC(C)SC)NC1CC2CCC1O2.I. The molecule has 0 spiro atoms. The van der Waals surface area contributed by atoms with Gasteiger partial charge in [0.05, 0.1) is 18.2 Å². The molecule has 0 amide bonds. The Balaban J connectivity index is 0.00000162. The number of halogens is 1. The average molecular weight is 385 g/mol. The van der Waals surface area contributed by atoms with Gasteiger partial charge in [-0.1, -0.05) is 6.92 Å². The fourth-order valence-corrected chi connectivity index (χ4v) is 2.73. The molecule has 0 aromatic rings. The van der Waals surface area contributed by atoms with Crippen molar-refractivity contribution in [2.24, 2.45) is 4.99 Å². The number of hydrogen-bond donors (Lipinski definition) is 2. The molecule has 18 heavy (non-hydrogen) atoms. The highest BCUT2D eigenvalue weighted by Crippen LogP contribution is 2.34. The maximum absolute atomic E-state index is 5.83. The molecule has 0 aromatic carbocycles. The molecule has 0 radical (unpaired) electrons. The van der Waals surface area contributed by atoms with Crippen LogP contribution in [0.5, 0.6) is 0 Å². The van der Waals surface area contributed by atoms with E-state index in [2.05, 4.69) is 28.8 Å². The second-order valence-corrected chi connectivity index (χ2v) is 6.14. The average Bonchev–Trinajstić information content (AvgIpc) is 2.95. The van der Waals surface area contributed by atoms with E-state index in [0.29, 0.717) is 23.5 Å². The van der Waals surface area contributed by atoms with Crippen molar-refractivity contribution in [3.05, 3.63) is 0 Å². The Morgan fingerprint density at radius 1 is 1.50 bits per heavy atom. The molecule has 2 aliphatic heterocycles. The van der Waals surface area contributed by atoms with E-state index in [9.17, 15) is 0 Å². The molecule has 4 unspecified atom stereocenters. The van der Waals surface area contributed by atoms with Crippen LogP contribution in [0.15, 0.2) is 4.99 Å². The maximum Gasteiger partial charge on any atom is 0.191 e. The summed E-state index contributed by atoms with van der Waals surface area (Å²) in [6, 6.07) is 0.449. The molecule has 106 valence electrons. The van der Waals surface area contributed by atoms with Crippen LogP contribution in [0.3, 0.4) is 0 Å². The Labute approximate surface area is 131 Å². The molecular formula is C12H24IN3OS. The molecular weight excluding hydrogens is 361 g/mol. The molecule has 0 saturated carbocycles. The zero-order valence-corrected chi connectivity index (χ0v) is 14.5. The molecule has 4 nitrogen and oxygen atoms in total. The Kier molecular flexibility index (Phi) is 7.08. The van der Waals surface area contributed by atoms with Crippen LogP contribution in [0.25, 0.3) is 0 Å². The van der Waals surface area contributed by atoms with Crippen molar-refractivity contribution in [3.8, 4) is 0 Å². The smallest absolute Gasteiger partial charge is 0.191 e. The van der Waals surface area contributed by atoms with Crippen LogP contribution < -0.4 is 10.6 Å². The molecule has 6 heteroatoms. The molecule has 0 aromatic heterocycles. The maximum atomic E-state index is 5.83. The van der Waals surface area contributed by atoms with E-state index in [1.165, 1.54) is 12.8 Å². The van der Waals surface area contributed by atoms with Crippen molar-refractivity contribution in [2.45, 2.75) is 49.7 Å². The predicted octanol–water partition coefficient (Wildman–Crippen LogP) is 1.84. The summed E-state index contributed by atoms with van der Waals surface area (Å²) in [6.07, 6.45) is 6.58. The second kappa shape index (κ2) is 7.79. The van der Waals surface area contributed by atoms with Crippen molar-refractivity contribution in [2.75, 3.05) is 19.8 Å². The largest absolute Gasteiger partial charge is 0.373 e. The van der Waals surface area contributed by atoms with Gasteiger partial charge in [-0.05, 0) is 25.5 Å². The first-order valence-electron chi connectivity index (χ1n) is 6.38. The lowest BCUT2D eigenvalue weighted by Crippen LogP contribution is -2.48. The highest BCUT2D eigenvalue weighted by Gasteiger charge is 2.41. The number of thioether (sulfide) groups is 1. The van der Waals surface area contributed by atoms with Gasteiger partial charge >= 0.3 is 0 Å². The van der Waals surface area contributed by atoms with Crippen LogP contribution in [-0.2, 0) is 4.74 Å². The summed E-state index contributed by atoms with van der Waals surface area (Å²) in [4.78, 5) is 4.27. The Morgan fingerprint density at radius 2 is 2.28 bits per heavy atom. The summed E-state index contributed by atoms with van der Waals surface area (Å²) in [5, 5.41) is 7.45. The monoisotopic (exact) mass is 385 g/mol. The van der Waals surface area contributed by atoms with Crippen LogP contribution in [-0.4, -0.2) is 49.3 Å². The van der Waals surface area contributed by atoms with Gasteiger partial charge in [-0.25, -0.2) is 0 Å². The topological polar surface area (TPSA) is 45.7 Å². The third kappa shape index (κ3) is 4.16. The molecule has 2 fully saturated rings. The van der Waals surface area contributed by atoms with E-state index < -0.39 is 0 Å². The Morgan fingerprint density at radius 3 is 2.78 bits per heavy atom. The summed E-state index contributed by atoms with van der Waals surface area (Å²) in [6.45, 7) is 3.16. The first-order chi connectivity index (χ1) is 8.22. The summed E-state index contributed by atoms with van der Waals surface area (Å²) in [5.74, 6) is 0.909. The third-order valence-corrected chi connectivity index (χ3v) is 4.58. The van der Waals surface area contributed by atoms with Crippen molar-refractivity contribution >= 4 is 41.7 Å². The standard InChI is InChI=1S/C12H23N3OS.HI/c1-8(17-3)7-14-12(13-2)15-10-6-9-4-5-11(10)16-9;/h8-11H,4-7H2,1-3H3,(H2,13,14,15);1H. The number of guanidine groups is 1. The minimum atomic E-state index is 0. The van der Waals surface area contributed by atoms with E-state index in [-0.39, 0.29) is 24.0 Å². The zero-order valence-electron chi connectivity index (χ0n) is 11.3. The van der Waals surface area contributed by atoms with Crippen molar-refractivity contribution in [3.63, 3.8) is 0 Å². The molecule has 2 heterocycles. The van der Waals surface area contributed by atoms with Gasteiger partial charge in [0.2, 0.25) is 0 Å². The number of nitrogens with one attached hydrogen (secondary N) is 2.